The van der Waals surface area contributed by atoms with Crippen molar-refractivity contribution < 1.29 is 14.6 Å². The van der Waals surface area contributed by atoms with Crippen LogP contribution in [0.5, 0.6) is 0 Å². The maximum Gasteiger partial charge on any atom is 0.327 e. The van der Waals surface area contributed by atoms with Crippen LogP contribution < -0.4 is 5.32 Å². The zero-order valence-electron chi connectivity index (χ0n) is 17.9. The maximum atomic E-state index is 11.8. The number of fused-ring (bicyclic) bond motifs is 1. The molecule has 3 rings (SSSR count). The molecule has 9 nitrogen and oxygen atoms in total. The van der Waals surface area contributed by atoms with Crippen LogP contribution in [0.15, 0.2) is 30.9 Å². The van der Waals surface area contributed by atoms with Gasteiger partial charge >= 0.3 is 5.97 Å². The number of carbonyl (C=O) groups excluding carboxylic acids is 1. The largest absolute Gasteiger partial charge is 0.462 e. The molecule has 3 aromatic heterocycles. The lowest BCUT2D eigenvalue weighted by Crippen LogP contribution is -2.19. The smallest absolute Gasteiger partial charge is 0.327 e. The van der Waals surface area contributed by atoms with Gasteiger partial charge in [0.05, 0.1) is 18.0 Å². The van der Waals surface area contributed by atoms with E-state index in [1.165, 1.54) is 4.68 Å². The van der Waals surface area contributed by atoms with Crippen LogP contribution in [0.3, 0.4) is 0 Å². The molecule has 0 fully saturated rings. The van der Waals surface area contributed by atoms with Crippen molar-refractivity contribution in [2.45, 2.75) is 53.3 Å². The predicted octanol–water partition coefficient (Wildman–Crippen LogP) is 2.98. The molecular formula is C21H30N6O3. The molecule has 162 valence electrons. The Morgan fingerprint density at radius 2 is 2.10 bits per heavy atom. The molecule has 0 radical (unpaired) electrons. The van der Waals surface area contributed by atoms with E-state index in [1.807, 2.05) is 6.07 Å². The highest BCUT2D eigenvalue weighted by Gasteiger charge is 2.14. The highest BCUT2D eigenvalue weighted by atomic mass is 16.5. The number of anilines is 2. The van der Waals surface area contributed by atoms with E-state index in [-0.39, 0.29) is 13.2 Å². The lowest BCUT2D eigenvalue weighted by atomic mass is 9.93. The minimum Gasteiger partial charge on any atom is -0.462 e. The van der Waals surface area contributed by atoms with Crippen molar-refractivity contribution in [3.63, 3.8) is 0 Å². The highest BCUT2D eigenvalue weighted by Crippen LogP contribution is 2.22. The zero-order valence-corrected chi connectivity index (χ0v) is 17.9. The van der Waals surface area contributed by atoms with E-state index in [2.05, 4.69) is 51.9 Å². The van der Waals surface area contributed by atoms with Gasteiger partial charge in [0.1, 0.15) is 18.8 Å². The Labute approximate surface area is 176 Å². The molecule has 30 heavy (non-hydrogen) atoms. The van der Waals surface area contributed by atoms with Gasteiger partial charge in [-0.3, -0.25) is 9.48 Å². The van der Waals surface area contributed by atoms with Crippen molar-refractivity contribution in [1.82, 2.24) is 24.3 Å². The van der Waals surface area contributed by atoms with Crippen molar-refractivity contribution in [2.75, 3.05) is 11.9 Å². The molecule has 2 N–H and O–H groups in total. The second-order valence-corrected chi connectivity index (χ2v) is 7.94. The van der Waals surface area contributed by atoms with Crippen LogP contribution in [-0.2, 0) is 22.6 Å². The third kappa shape index (κ3) is 5.56. The summed E-state index contributed by atoms with van der Waals surface area (Å²) in [5.41, 5.74) is 1.56. The standard InChI is InChI=1S/C21H30N6O3/c1-5-16(14(2)3)10-26-7-6-17-8-22-21(25-20(17)26)24-18-9-23-27(11-18)12-19(29)30-13-15(4)28/h6-9,11,14-16,28H,5,10,12-13H2,1-4H3,(H,22,24,25). The molecule has 0 saturated carbocycles. The minimum absolute atomic E-state index is 0.0333. The molecule has 2 unspecified atom stereocenters. The fraction of sp³-hybridized carbons (Fsp3) is 0.524. The third-order valence-electron chi connectivity index (χ3n) is 5.07. The molecule has 0 bridgehead atoms. The van der Waals surface area contributed by atoms with E-state index < -0.39 is 12.1 Å². The average molecular weight is 415 g/mol. The number of nitrogens with zero attached hydrogens (tertiary/aromatic N) is 5. The lowest BCUT2D eigenvalue weighted by molar-refractivity contribution is -0.147. The summed E-state index contributed by atoms with van der Waals surface area (Å²) in [6.45, 7) is 9.12. The summed E-state index contributed by atoms with van der Waals surface area (Å²) >= 11 is 0. The Hall–Kier alpha value is -2.94. The number of hydrogen-bond donors (Lipinski definition) is 2. The summed E-state index contributed by atoms with van der Waals surface area (Å²) in [5.74, 6) is 1.19. The van der Waals surface area contributed by atoms with Gasteiger partial charge in [-0.2, -0.15) is 10.1 Å². The van der Waals surface area contributed by atoms with Crippen LogP contribution in [-0.4, -0.2) is 48.1 Å². The minimum atomic E-state index is -0.692. The molecule has 0 amide bonds. The molecular weight excluding hydrogens is 384 g/mol. The summed E-state index contributed by atoms with van der Waals surface area (Å²) in [6, 6.07) is 2.03. The first kappa shape index (κ1) is 21.8. The molecule has 3 aromatic rings. The quantitative estimate of drug-likeness (QED) is 0.491. The van der Waals surface area contributed by atoms with Gasteiger partial charge in [0.15, 0.2) is 0 Å². The first-order chi connectivity index (χ1) is 14.4. The zero-order chi connectivity index (χ0) is 21.7. The molecule has 9 heteroatoms. The number of rotatable bonds is 10. The van der Waals surface area contributed by atoms with Crippen LogP contribution in [0.25, 0.3) is 11.0 Å². The molecule has 0 aliphatic carbocycles. The van der Waals surface area contributed by atoms with Crippen molar-refractivity contribution in [2.24, 2.45) is 11.8 Å². The van der Waals surface area contributed by atoms with E-state index in [9.17, 15) is 9.90 Å². The summed E-state index contributed by atoms with van der Waals surface area (Å²) < 4.78 is 8.59. The van der Waals surface area contributed by atoms with Crippen molar-refractivity contribution >= 4 is 28.6 Å². The summed E-state index contributed by atoms with van der Waals surface area (Å²) in [5, 5.41) is 17.5. The van der Waals surface area contributed by atoms with Crippen LogP contribution in [0.2, 0.25) is 0 Å². The SMILES string of the molecule is CCC(Cn1ccc2cnc(Nc3cnn(CC(=O)OCC(C)O)c3)nc21)C(C)C. The summed E-state index contributed by atoms with van der Waals surface area (Å²) in [4.78, 5) is 20.8. The topological polar surface area (TPSA) is 107 Å². The van der Waals surface area contributed by atoms with Crippen molar-refractivity contribution in [3.05, 3.63) is 30.9 Å². The Kier molecular flexibility index (Phi) is 7.04. The summed E-state index contributed by atoms with van der Waals surface area (Å²) in [6.07, 6.45) is 7.57. The molecule has 2 atom stereocenters. The number of ether oxygens (including phenoxy) is 1. The normalized spacial score (nSPS) is 13.5. The Morgan fingerprint density at radius 3 is 2.80 bits per heavy atom. The fourth-order valence-corrected chi connectivity index (χ4v) is 3.28. The van der Waals surface area contributed by atoms with Crippen LogP contribution in [0.4, 0.5) is 11.6 Å². The van der Waals surface area contributed by atoms with Gasteiger partial charge < -0.3 is 19.7 Å². The van der Waals surface area contributed by atoms with E-state index >= 15 is 0 Å². The van der Waals surface area contributed by atoms with E-state index in [0.29, 0.717) is 23.5 Å². The Bertz CT molecular complexity index is 978. The highest BCUT2D eigenvalue weighted by molar-refractivity contribution is 5.76. The number of aliphatic hydroxyl groups is 1. The van der Waals surface area contributed by atoms with Crippen LogP contribution >= 0.6 is 0 Å². The second-order valence-electron chi connectivity index (χ2n) is 7.94. The lowest BCUT2D eigenvalue weighted by Gasteiger charge is -2.20. The van der Waals surface area contributed by atoms with Gasteiger partial charge in [0.25, 0.3) is 0 Å². The molecule has 3 heterocycles. The predicted molar refractivity (Wildman–Crippen MR) is 114 cm³/mol. The molecule has 0 aliphatic heterocycles. The third-order valence-corrected chi connectivity index (χ3v) is 5.07. The second kappa shape index (κ2) is 9.71. The Balaban J connectivity index is 1.68. The van der Waals surface area contributed by atoms with Crippen LogP contribution in [0.1, 0.15) is 34.1 Å². The fourth-order valence-electron chi connectivity index (χ4n) is 3.28. The van der Waals surface area contributed by atoms with E-state index in [1.54, 1.807) is 25.5 Å². The molecule has 0 spiro atoms. The maximum absolute atomic E-state index is 11.8. The van der Waals surface area contributed by atoms with E-state index in [4.69, 9.17) is 4.74 Å². The molecule has 0 saturated heterocycles. The average Bonchev–Trinajstić information content (AvgIpc) is 3.30. The first-order valence-corrected chi connectivity index (χ1v) is 10.3. The molecule has 0 aliphatic rings. The number of aliphatic hydroxyl groups excluding tert-OH is 1. The molecule has 0 aromatic carbocycles. The number of aromatic nitrogens is 5. The van der Waals surface area contributed by atoms with Gasteiger partial charge in [-0.1, -0.05) is 27.2 Å². The van der Waals surface area contributed by atoms with E-state index in [0.717, 1.165) is 24.0 Å². The van der Waals surface area contributed by atoms with Gasteiger partial charge in [0.2, 0.25) is 5.95 Å². The monoisotopic (exact) mass is 414 g/mol. The van der Waals surface area contributed by atoms with Gasteiger partial charge in [-0.15, -0.1) is 0 Å². The number of hydrogen-bond acceptors (Lipinski definition) is 7. The number of carbonyl (C=O) groups is 1. The van der Waals surface area contributed by atoms with Gasteiger partial charge in [0, 0.05) is 30.5 Å². The number of nitrogens with one attached hydrogen (secondary N) is 1. The van der Waals surface area contributed by atoms with Crippen LogP contribution in [0, 0.1) is 11.8 Å². The van der Waals surface area contributed by atoms with Crippen molar-refractivity contribution in [3.8, 4) is 0 Å². The number of esters is 1. The Morgan fingerprint density at radius 1 is 1.30 bits per heavy atom. The first-order valence-electron chi connectivity index (χ1n) is 10.3. The van der Waals surface area contributed by atoms with Crippen molar-refractivity contribution in [1.29, 1.82) is 0 Å². The van der Waals surface area contributed by atoms with Gasteiger partial charge in [-0.25, -0.2) is 4.98 Å². The van der Waals surface area contributed by atoms with Gasteiger partial charge in [-0.05, 0) is 24.8 Å². The summed E-state index contributed by atoms with van der Waals surface area (Å²) in [7, 11) is 0.